The average Bonchev–Trinajstić information content (AvgIpc) is 3.54. The van der Waals surface area contributed by atoms with Crippen molar-refractivity contribution in [1.29, 1.82) is 0 Å². The Bertz CT molecular complexity index is 1500. The van der Waals surface area contributed by atoms with Gasteiger partial charge in [-0.05, 0) is 49.7 Å². The van der Waals surface area contributed by atoms with Crippen molar-refractivity contribution in [3.8, 4) is 22.6 Å². The molecule has 1 fully saturated rings. The molecule has 0 spiro atoms. The quantitative estimate of drug-likeness (QED) is 0.274. The fourth-order valence-corrected chi connectivity index (χ4v) is 4.88. The van der Waals surface area contributed by atoms with Crippen LogP contribution in [0.2, 0.25) is 5.02 Å². The predicted molar refractivity (Wildman–Crippen MR) is 144 cm³/mol. The topological polar surface area (TPSA) is 79.2 Å². The van der Waals surface area contributed by atoms with E-state index in [1.165, 1.54) is 0 Å². The van der Waals surface area contributed by atoms with Gasteiger partial charge < -0.3 is 24.4 Å². The Kier molecular flexibility index (Phi) is 5.87. The van der Waals surface area contributed by atoms with Crippen molar-refractivity contribution in [1.82, 2.24) is 15.0 Å². The van der Waals surface area contributed by atoms with Gasteiger partial charge in [-0.25, -0.2) is 4.98 Å². The van der Waals surface area contributed by atoms with E-state index in [1.807, 2.05) is 72.9 Å². The van der Waals surface area contributed by atoms with Crippen LogP contribution in [0.3, 0.4) is 0 Å². The van der Waals surface area contributed by atoms with Crippen molar-refractivity contribution >= 4 is 40.1 Å². The van der Waals surface area contributed by atoms with E-state index in [9.17, 15) is 0 Å². The molecular formula is C28H26ClN5O2. The third-order valence-electron chi connectivity index (χ3n) is 6.26. The number of rotatable bonds is 5. The molecule has 36 heavy (non-hydrogen) atoms. The van der Waals surface area contributed by atoms with E-state index in [0.717, 1.165) is 52.4 Å². The first-order chi connectivity index (χ1) is 17.5. The van der Waals surface area contributed by atoms with Gasteiger partial charge in [-0.1, -0.05) is 48.0 Å². The van der Waals surface area contributed by atoms with E-state index < -0.39 is 0 Å². The van der Waals surface area contributed by atoms with Gasteiger partial charge in [0.05, 0.1) is 34.8 Å². The lowest BCUT2D eigenvalue weighted by atomic mass is 10.1. The predicted octanol–water partition coefficient (Wildman–Crippen LogP) is 6.90. The Balaban J connectivity index is 1.29. The molecule has 0 unspecified atom stereocenters. The first-order valence-corrected chi connectivity index (χ1v) is 12.4. The number of benzene rings is 3. The van der Waals surface area contributed by atoms with E-state index in [-0.39, 0.29) is 12.2 Å². The first kappa shape index (κ1) is 22.6. The molecular weight excluding hydrogens is 474 g/mol. The van der Waals surface area contributed by atoms with Gasteiger partial charge in [-0.3, -0.25) is 0 Å². The molecule has 1 saturated heterocycles. The molecule has 0 saturated carbocycles. The molecule has 0 radical (unpaired) electrons. The van der Waals surface area contributed by atoms with Crippen LogP contribution in [0.5, 0.6) is 0 Å². The number of morpholine rings is 1. The molecule has 5 aromatic rings. The van der Waals surface area contributed by atoms with Crippen LogP contribution in [0.25, 0.3) is 33.7 Å². The van der Waals surface area contributed by atoms with Crippen LogP contribution in [0.4, 0.5) is 17.4 Å². The number of oxazole rings is 1. The number of para-hydroxylation sites is 1. The molecule has 182 valence electrons. The van der Waals surface area contributed by atoms with Crippen LogP contribution in [0.1, 0.15) is 13.8 Å². The largest absolute Gasteiger partial charge is 0.423 e. The van der Waals surface area contributed by atoms with Crippen molar-refractivity contribution in [2.45, 2.75) is 26.1 Å². The monoisotopic (exact) mass is 499 g/mol. The number of aromatic nitrogens is 3. The zero-order valence-electron chi connectivity index (χ0n) is 20.0. The van der Waals surface area contributed by atoms with E-state index in [1.54, 1.807) is 0 Å². The molecule has 7 nitrogen and oxygen atoms in total. The highest BCUT2D eigenvalue weighted by Crippen LogP contribution is 2.34. The summed E-state index contributed by atoms with van der Waals surface area (Å²) in [6.07, 6.45) is 2.07. The maximum absolute atomic E-state index is 6.57. The van der Waals surface area contributed by atoms with Crippen LogP contribution in [-0.4, -0.2) is 40.2 Å². The maximum atomic E-state index is 6.57. The average molecular weight is 500 g/mol. The molecule has 2 aromatic heterocycles. The number of anilines is 3. The Morgan fingerprint density at radius 2 is 1.81 bits per heavy atom. The Morgan fingerprint density at radius 3 is 2.61 bits per heavy atom. The number of H-pyrrole nitrogens is 1. The van der Waals surface area contributed by atoms with Crippen molar-refractivity contribution in [3.05, 3.63) is 77.9 Å². The van der Waals surface area contributed by atoms with Crippen LogP contribution < -0.4 is 10.2 Å². The second-order valence-corrected chi connectivity index (χ2v) is 9.55. The lowest BCUT2D eigenvalue weighted by Crippen LogP contribution is -2.45. The molecule has 1 aliphatic rings. The van der Waals surface area contributed by atoms with Crippen LogP contribution in [0, 0.1) is 0 Å². The smallest absolute Gasteiger partial charge is 0.298 e. The van der Waals surface area contributed by atoms with Crippen molar-refractivity contribution in [2.24, 2.45) is 0 Å². The summed E-state index contributed by atoms with van der Waals surface area (Å²) in [6.45, 7) is 5.62. The summed E-state index contributed by atoms with van der Waals surface area (Å²) in [5.41, 5.74) is 6.06. The summed E-state index contributed by atoms with van der Waals surface area (Å²) in [6, 6.07) is 22.4. The van der Waals surface area contributed by atoms with Gasteiger partial charge in [0.1, 0.15) is 11.3 Å². The summed E-state index contributed by atoms with van der Waals surface area (Å²) < 4.78 is 12.0. The van der Waals surface area contributed by atoms with Crippen LogP contribution in [-0.2, 0) is 4.74 Å². The SMILES string of the molecule is C[C@@H]1CN(c2nc3c(Nc4ccc(Cl)c(-c5ncc(-c6ccccc6)[nH]5)c4)cccc3o2)C[C@H](C)O1. The molecule has 0 amide bonds. The molecule has 2 atom stereocenters. The number of imidazole rings is 1. The highest BCUT2D eigenvalue weighted by molar-refractivity contribution is 6.33. The standard InChI is InChI=1S/C28H26ClN5O2/c1-17-15-34(16-18(2)35-17)28-33-26-23(9-6-10-25(26)36-28)31-20-11-12-22(29)21(13-20)27-30-14-24(32-27)19-7-4-3-5-8-19/h3-14,17-18,31H,15-16H2,1-2H3,(H,30,32)/t17-,18+. The van der Waals surface area contributed by atoms with Gasteiger partial charge in [0, 0.05) is 24.3 Å². The fraction of sp³-hybridized carbons (Fsp3) is 0.214. The van der Waals surface area contributed by atoms with Gasteiger partial charge in [0.25, 0.3) is 6.01 Å². The second kappa shape index (κ2) is 9.33. The van der Waals surface area contributed by atoms with Crippen molar-refractivity contribution in [3.63, 3.8) is 0 Å². The van der Waals surface area contributed by atoms with Gasteiger partial charge in [-0.2, -0.15) is 4.98 Å². The number of hydrogen-bond donors (Lipinski definition) is 2. The first-order valence-electron chi connectivity index (χ1n) is 12.0. The van der Waals surface area contributed by atoms with Gasteiger partial charge in [0.2, 0.25) is 0 Å². The molecule has 0 bridgehead atoms. The molecule has 2 N–H and O–H groups in total. The molecule has 3 aromatic carbocycles. The normalized spacial score (nSPS) is 18.0. The van der Waals surface area contributed by atoms with E-state index in [2.05, 4.69) is 34.0 Å². The number of hydrogen-bond acceptors (Lipinski definition) is 6. The van der Waals surface area contributed by atoms with Gasteiger partial charge in [-0.15, -0.1) is 0 Å². The highest BCUT2D eigenvalue weighted by atomic mass is 35.5. The zero-order chi connectivity index (χ0) is 24.6. The number of fused-ring (bicyclic) bond motifs is 1. The minimum absolute atomic E-state index is 0.123. The lowest BCUT2D eigenvalue weighted by Gasteiger charge is -2.34. The molecule has 1 aliphatic heterocycles. The molecule has 6 rings (SSSR count). The molecule has 3 heterocycles. The number of nitrogens with zero attached hydrogens (tertiary/aromatic N) is 3. The minimum atomic E-state index is 0.123. The Labute approximate surface area is 214 Å². The van der Waals surface area contributed by atoms with Gasteiger partial charge >= 0.3 is 0 Å². The second-order valence-electron chi connectivity index (χ2n) is 9.14. The summed E-state index contributed by atoms with van der Waals surface area (Å²) in [5, 5.41) is 4.11. The number of ether oxygens (including phenoxy) is 1. The summed E-state index contributed by atoms with van der Waals surface area (Å²) in [7, 11) is 0. The molecule has 8 heteroatoms. The maximum Gasteiger partial charge on any atom is 0.298 e. The minimum Gasteiger partial charge on any atom is -0.423 e. The number of halogens is 1. The third kappa shape index (κ3) is 4.43. The lowest BCUT2D eigenvalue weighted by molar-refractivity contribution is -0.00662. The fourth-order valence-electron chi connectivity index (χ4n) is 4.67. The summed E-state index contributed by atoms with van der Waals surface area (Å²) in [4.78, 5) is 14.9. The van der Waals surface area contributed by atoms with E-state index in [0.29, 0.717) is 16.9 Å². The summed E-state index contributed by atoms with van der Waals surface area (Å²) >= 11 is 6.57. The number of nitrogens with one attached hydrogen (secondary N) is 2. The zero-order valence-corrected chi connectivity index (χ0v) is 20.8. The Morgan fingerprint density at radius 1 is 1.00 bits per heavy atom. The van der Waals surface area contributed by atoms with Gasteiger partial charge in [0.15, 0.2) is 5.58 Å². The van der Waals surface area contributed by atoms with Crippen LogP contribution in [0.15, 0.2) is 77.3 Å². The van der Waals surface area contributed by atoms with Crippen LogP contribution >= 0.6 is 11.6 Å². The third-order valence-corrected chi connectivity index (χ3v) is 6.59. The van der Waals surface area contributed by atoms with Crippen molar-refractivity contribution < 1.29 is 9.15 Å². The van der Waals surface area contributed by atoms with E-state index in [4.69, 9.17) is 25.7 Å². The van der Waals surface area contributed by atoms with E-state index >= 15 is 0 Å². The molecule has 0 aliphatic carbocycles. The highest BCUT2D eigenvalue weighted by Gasteiger charge is 2.26. The Hall–Kier alpha value is -3.81. The summed E-state index contributed by atoms with van der Waals surface area (Å²) in [5.74, 6) is 0.708. The van der Waals surface area contributed by atoms with Crippen molar-refractivity contribution in [2.75, 3.05) is 23.3 Å². The number of aromatic amines is 1.